The fourth-order valence-electron chi connectivity index (χ4n) is 4.32. The fraction of sp³-hybridized carbons (Fsp3) is 0.400. The Labute approximate surface area is 150 Å². The lowest BCUT2D eigenvalue weighted by molar-refractivity contribution is -0.137. The lowest BCUT2D eigenvalue weighted by atomic mass is 9.86. The Hall–Kier alpha value is -1.52. The number of benzene rings is 2. The molecule has 1 N–H and O–H groups in total. The first-order valence-corrected chi connectivity index (χ1v) is 8.93. The molecule has 1 fully saturated rings. The van der Waals surface area contributed by atoms with Crippen molar-refractivity contribution in [3.8, 4) is 11.1 Å². The molecule has 2 aromatic carbocycles. The Morgan fingerprint density at radius 2 is 1.96 bits per heavy atom. The second-order valence-corrected chi connectivity index (χ2v) is 7.52. The number of rotatable bonds is 1. The summed E-state index contributed by atoms with van der Waals surface area (Å²) in [6.07, 6.45) is -2.10. The van der Waals surface area contributed by atoms with E-state index in [1.807, 2.05) is 0 Å². The van der Waals surface area contributed by atoms with Crippen LogP contribution in [0.15, 0.2) is 30.3 Å². The molecule has 2 aromatic rings. The Kier molecular flexibility index (Phi) is 4.08. The van der Waals surface area contributed by atoms with Gasteiger partial charge in [-0.15, -0.1) is 0 Å². The minimum atomic E-state index is -4.38. The van der Waals surface area contributed by atoms with Gasteiger partial charge >= 0.3 is 6.18 Å². The highest BCUT2D eigenvalue weighted by Crippen LogP contribution is 2.45. The zero-order valence-corrected chi connectivity index (χ0v) is 14.6. The number of aryl methyl sites for hydroxylation is 1. The number of alkyl halides is 3. The predicted octanol–water partition coefficient (Wildman–Crippen LogP) is 5.58. The summed E-state index contributed by atoms with van der Waals surface area (Å²) < 4.78 is 38.6. The zero-order chi connectivity index (χ0) is 17.8. The van der Waals surface area contributed by atoms with Crippen molar-refractivity contribution < 1.29 is 13.2 Å². The van der Waals surface area contributed by atoms with Gasteiger partial charge in [-0.25, -0.2) is 0 Å². The Morgan fingerprint density at radius 1 is 1.16 bits per heavy atom. The van der Waals surface area contributed by atoms with E-state index in [2.05, 4.69) is 24.4 Å². The van der Waals surface area contributed by atoms with Gasteiger partial charge in [0.05, 0.1) is 5.56 Å². The molecule has 5 heteroatoms. The molecule has 1 aliphatic carbocycles. The number of halogens is 4. The quantitative estimate of drug-likeness (QED) is 0.695. The van der Waals surface area contributed by atoms with Crippen LogP contribution in [-0.2, 0) is 12.6 Å². The maximum Gasteiger partial charge on any atom is 0.416 e. The fourth-order valence-corrected chi connectivity index (χ4v) is 4.61. The lowest BCUT2D eigenvalue weighted by Gasteiger charge is -2.26. The molecule has 2 atom stereocenters. The second-order valence-electron chi connectivity index (χ2n) is 7.12. The lowest BCUT2D eigenvalue weighted by Crippen LogP contribution is -2.32. The van der Waals surface area contributed by atoms with Crippen molar-refractivity contribution >= 4 is 11.6 Å². The molecule has 1 saturated heterocycles. The summed E-state index contributed by atoms with van der Waals surface area (Å²) in [6.45, 7) is 4.12. The van der Waals surface area contributed by atoms with Crippen LogP contribution in [0.4, 0.5) is 13.2 Å². The van der Waals surface area contributed by atoms with E-state index in [9.17, 15) is 13.2 Å². The van der Waals surface area contributed by atoms with E-state index in [-0.39, 0.29) is 5.02 Å². The van der Waals surface area contributed by atoms with Gasteiger partial charge in [0.15, 0.2) is 0 Å². The Balaban J connectivity index is 1.77. The van der Waals surface area contributed by atoms with Crippen molar-refractivity contribution in [2.75, 3.05) is 13.1 Å². The van der Waals surface area contributed by atoms with Crippen LogP contribution in [0, 0.1) is 12.8 Å². The summed E-state index contributed by atoms with van der Waals surface area (Å²) in [4.78, 5) is 0. The van der Waals surface area contributed by atoms with E-state index >= 15 is 0 Å². The summed E-state index contributed by atoms with van der Waals surface area (Å²) in [7, 11) is 0. The highest BCUT2D eigenvalue weighted by Gasteiger charge is 2.35. The molecule has 0 saturated carbocycles. The number of hydrogen-bond acceptors (Lipinski definition) is 1. The van der Waals surface area contributed by atoms with Crippen LogP contribution in [0.5, 0.6) is 0 Å². The van der Waals surface area contributed by atoms with Gasteiger partial charge in [-0.2, -0.15) is 13.2 Å². The zero-order valence-electron chi connectivity index (χ0n) is 13.9. The van der Waals surface area contributed by atoms with Crippen LogP contribution >= 0.6 is 11.6 Å². The largest absolute Gasteiger partial charge is 0.416 e. The van der Waals surface area contributed by atoms with Crippen molar-refractivity contribution in [3.05, 3.63) is 57.6 Å². The number of hydrogen-bond donors (Lipinski definition) is 1. The Morgan fingerprint density at radius 3 is 2.68 bits per heavy atom. The third-order valence-electron chi connectivity index (χ3n) is 5.61. The topological polar surface area (TPSA) is 12.0 Å². The highest BCUT2D eigenvalue weighted by atomic mass is 35.5. The smallest absolute Gasteiger partial charge is 0.316 e. The molecule has 4 rings (SSSR count). The molecule has 25 heavy (non-hydrogen) atoms. The third kappa shape index (κ3) is 2.96. The molecule has 0 spiro atoms. The highest BCUT2D eigenvalue weighted by molar-refractivity contribution is 6.33. The molecule has 1 aliphatic heterocycles. The van der Waals surface area contributed by atoms with Gasteiger partial charge in [-0.05, 0) is 72.5 Å². The van der Waals surface area contributed by atoms with Crippen LogP contribution < -0.4 is 5.32 Å². The summed E-state index contributed by atoms with van der Waals surface area (Å²) >= 11 is 6.20. The average molecular weight is 366 g/mol. The monoisotopic (exact) mass is 365 g/mol. The third-order valence-corrected chi connectivity index (χ3v) is 5.92. The van der Waals surface area contributed by atoms with Crippen molar-refractivity contribution in [2.24, 2.45) is 5.92 Å². The van der Waals surface area contributed by atoms with Gasteiger partial charge in [0.1, 0.15) is 0 Å². The van der Waals surface area contributed by atoms with Crippen molar-refractivity contribution in [1.82, 2.24) is 5.32 Å². The summed E-state index contributed by atoms with van der Waals surface area (Å²) in [5.41, 5.74) is 4.80. The molecule has 0 bridgehead atoms. The minimum absolute atomic E-state index is 0.144. The molecule has 132 valence electrons. The number of piperidine rings is 1. The first kappa shape index (κ1) is 16.9. The van der Waals surface area contributed by atoms with E-state index in [0.29, 0.717) is 17.4 Å². The molecule has 0 amide bonds. The standard InChI is InChI=1S/C20H19ClF3N/c1-11-6-13(15-3-2-14(9-19(15)21)20(22,23)24)8-17-16(11)7-12-4-5-25-10-18(12)17/h2-3,6,8-9,12,18,25H,4-5,7,10H2,1H3/t12-,18-/m1/s1. The van der Waals surface area contributed by atoms with Crippen molar-refractivity contribution in [3.63, 3.8) is 0 Å². The van der Waals surface area contributed by atoms with Crippen LogP contribution in [0.25, 0.3) is 11.1 Å². The summed E-state index contributed by atoms with van der Waals surface area (Å²) in [5, 5.41) is 3.60. The molecule has 0 unspecified atom stereocenters. The number of fused-ring (bicyclic) bond motifs is 3. The van der Waals surface area contributed by atoms with Gasteiger partial charge in [0.25, 0.3) is 0 Å². The van der Waals surface area contributed by atoms with Crippen LogP contribution in [0.3, 0.4) is 0 Å². The van der Waals surface area contributed by atoms with Crippen LogP contribution in [-0.4, -0.2) is 13.1 Å². The van der Waals surface area contributed by atoms with Gasteiger partial charge in [0, 0.05) is 17.1 Å². The maximum atomic E-state index is 12.9. The van der Waals surface area contributed by atoms with E-state index in [0.717, 1.165) is 37.2 Å². The van der Waals surface area contributed by atoms with E-state index in [4.69, 9.17) is 11.6 Å². The SMILES string of the molecule is Cc1cc(-c2ccc(C(F)(F)F)cc2Cl)cc2c1C[C@H]1CCNC[C@@H]21. The van der Waals surface area contributed by atoms with E-state index < -0.39 is 11.7 Å². The van der Waals surface area contributed by atoms with Gasteiger partial charge < -0.3 is 5.32 Å². The van der Waals surface area contributed by atoms with Gasteiger partial charge in [0.2, 0.25) is 0 Å². The average Bonchev–Trinajstić information content (AvgIpc) is 2.93. The summed E-state index contributed by atoms with van der Waals surface area (Å²) in [5.74, 6) is 1.17. The van der Waals surface area contributed by atoms with Crippen LogP contribution in [0.1, 0.15) is 34.6 Å². The maximum absolute atomic E-state index is 12.9. The minimum Gasteiger partial charge on any atom is -0.316 e. The molecule has 1 heterocycles. The predicted molar refractivity (Wildman–Crippen MR) is 94.0 cm³/mol. The second kappa shape index (κ2) is 6.03. The van der Waals surface area contributed by atoms with Gasteiger partial charge in [-0.3, -0.25) is 0 Å². The number of nitrogens with one attached hydrogen (secondary N) is 1. The first-order valence-electron chi connectivity index (χ1n) is 8.56. The molecule has 0 radical (unpaired) electrons. The molecule has 2 aliphatic rings. The first-order chi connectivity index (χ1) is 11.8. The molecule has 0 aromatic heterocycles. The van der Waals surface area contributed by atoms with Crippen LogP contribution in [0.2, 0.25) is 5.02 Å². The normalized spacial score (nSPS) is 22.6. The Bertz CT molecular complexity index is 828. The molecular weight excluding hydrogens is 347 g/mol. The molecule has 1 nitrogen and oxygen atoms in total. The van der Waals surface area contributed by atoms with E-state index in [1.165, 1.54) is 29.2 Å². The van der Waals surface area contributed by atoms with E-state index in [1.54, 1.807) is 0 Å². The summed E-state index contributed by atoms with van der Waals surface area (Å²) in [6, 6.07) is 7.80. The van der Waals surface area contributed by atoms with Gasteiger partial charge in [-0.1, -0.05) is 29.8 Å². The van der Waals surface area contributed by atoms with Crippen molar-refractivity contribution in [2.45, 2.75) is 31.9 Å². The van der Waals surface area contributed by atoms with Crippen molar-refractivity contribution in [1.29, 1.82) is 0 Å². The molecular formula is C20H19ClF3N.